The number of nitrogens with zero attached hydrogens (tertiary/aromatic N) is 1. The summed E-state index contributed by atoms with van der Waals surface area (Å²) in [6.45, 7) is 3.88. The Bertz CT molecular complexity index is 1110. The number of fused-ring (bicyclic) bond motifs is 1. The number of anilines is 1. The molecule has 4 aromatic rings. The molecule has 2 aromatic carbocycles. The first-order valence-corrected chi connectivity index (χ1v) is 9.29. The fourth-order valence-corrected chi connectivity index (χ4v) is 3.64. The summed E-state index contributed by atoms with van der Waals surface area (Å²) in [6.07, 6.45) is 0. The Labute approximate surface area is 159 Å². The van der Waals surface area contributed by atoms with Gasteiger partial charge < -0.3 is 4.42 Å². The average molecular weight is 383 g/mol. The maximum atomic E-state index is 12.6. The van der Waals surface area contributed by atoms with Crippen molar-refractivity contribution in [3.63, 3.8) is 0 Å². The molecule has 0 saturated heterocycles. The number of thiazole rings is 1. The standard InChI is InChI=1S/C20H15ClN2O2S/c1-11-3-5-13(6-4-11)16-10-26-20(22-16)23-19(24)18-12(2)15-9-14(21)7-8-17(15)25-18/h3-10H,1-2H3,(H,22,23,24). The van der Waals surface area contributed by atoms with Crippen LogP contribution in [0.2, 0.25) is 5.02 Å². The van der Waals surface area contributed by atoms with Crippen molar-refractivity contribution in [3.05, 3.63) is 69.8 Å². The zero-order valence-electron chi connectivity index (χ0n) is 14.2. The van der Waals surface area contributed by atoms with Gasteiger partial charge in [0.1, 0.15) is 5.58 Å². The minimum Gasteiger partial charge on any atom is -0.451 e. The molecule has 0 atom stereocenters. The van der Waals surface area contributed by atoms with E-state index in [4.69, 9.17) is 16.0 Å². The van der Waals surface area contributed by atoms with Gasteiger partial charge in [0, 0.05) is 26.9 Å². The van der Waals surface area contributed by atoms with E-state index >= 15 is 0 Å². The van der Waals surface area contributed by atoms with Crippen LogP contribution in [0.1, 0.15) is 21.7 Å². The number of carbonyl (C=O) groups excluding carboxylic acids is 1. The Balaban J connectivity index is 1.59. The number of hydrogen-bond donors (Lipinski definition) is 1. The predicted octanol–water partition coefficient (Wildman–Crippen LogP) is 6.08. The Morgan fingerprint density at radius 1 is 1.15 bits per heavy atom. The van der Waals surface area contributed by atoms with E-state index in [-0.39, 0.29) is 11.7 Å². The van der Waals surface area contributed by atoms with E-state index in [1.807, 2.05) is 43.5 Å². The first kappa shape index (κ1) is 16.8. The Morgan fingerprint density at radius 2 is 1.92 bits per heavy atom. The number of hydrogen-bond acceptors (Lipinski definition) is 4. The van der Waals surface area contributed by atoms with Crippen LogP contribution in [0.5, 0.6) is 0 Å². The summed E-state index contributed by atoms with van der Waals surface area (Å²) >= 11 is 7.41. The molecule has 0 bridgehead atoms. The van der Waals surface area contributed by atoms with E-state index in [1.54, 1.807) is 18.2 Å². The Hall–Kier alpha value is -2.63. The molecule has 6 heteroatoms. The predicted molar refractivity (Wildman–Crippen MR) is 106 cm³/mol. The van der Waals surface area contributed by atoms with Crippen LogP contribution in [0.3, 0.4) is 0 Å². The summed E-state index contributed by atoms with van der Waals surface area (Å²) in [6, 6.07) is 13.4. The molecule has 1 amide bonds. The molecule has 4 nitrogen and oxygen atoms in total. The number of furan rings is 1. The van der Waals surface area contributed by atoms with Crippen molar-refractivity contribution in [2.75, 3.05) is 5.32 Å². The van der Waals surface area contributed by atoms with E-state index in [2.05, 4.69) is 10.3 Å². The van der Waals surface area contributed by atoms with Crippen molar-refractivity contribution in [1.82, 2.24) is 4.98 Å². The highest BCUT2D eigenvalue weighted by Gasteiger charge is 2.19. The van der Waals surface area contributed by atoms with E-state index in [9.17, 15) is 4.79 Å². The molecule has 130 valence electrons. The molecule has 0 spiro atoms. The second kappa shape index (κ2) is 6.59. The second-order valence-electron chi connectivity index (χ2n) is 6.05. The summed E-state index contributed by atoms with van der Waals surface area (Å²) in [4.78, 5) is 17.1. The molecule has 0 saturated carbocycles. The van der Waals surface area contributed by atoms with Crippen molar-refractivity contribution in [2.45, 2.75) is 13.8 Å². The van der Waals surface area contributed by atoms with Gasteiger partial charge in [-0.3, -0.25) is 10.1 Å². The summed E-state index contributed by atoms with van der Waals surface area (Å²) in [7, 11) is 0. The highest BCUT2D eigenvalue weighted by Crippen LogP contribution is 2.29. The monoisotopic (exact) mass is 382 g/mol. The molecule has 0 aliphatic heterocycles. The topological polar surface area (TPSA) is 55.1 Å². The normalized spacial score (nSPS) is 11.0. The van der Waals surface area contributed by atoms with Gasteiger partial charge in [0.15, 0.2) is 10.9 Å². The van der Waals surface area contributed by atoms with Crippen LogP contribution in [0, 0.1) is 13.8 Å². The number of carbonyl (C=O) groups is 1. The van der Waals surface area contributed by atoms with Crippen LogP contribution in [0.4, 0.5) is 5.13 Å². The lowest BCUT2D eigenvalue weighted by atomic mass is 10.1. The van der Waals surface area contributed by atoms with Gasteiger partial charge in [-0.05, 0) is 32.0 Å². The molecular formula is C20H15ClN2O2S. The highest BCUT2D eigenvalue weighted by molar-refractivity contribution is 7.14. The molecule has 2 aromatic heterocycles. The molecule has 0 fully saturated rings. The van der Waals surface area contributed by atoms with Crippen LogP contribution >= 0.6 is 22.9 Å². The minimum absolute atomic E-state index is 0.273. The Kier molecular flexibility index (Phi) is 4.26. The van der Waals surface area contributed by atoms with Crippen LogP contribution in [0.15, 0.2) is 52.3 Å². The van der Waals surface area contributed by atoms with E-state index < -0.39 is 0 Å². The first-order chi connectivity index (χ1) is 12.5. The zero-order chi connectivity index (χ0) is 18.3. The number of aryl methyl sites for hydroxylation is 2. The maximum Gasteiger partial charge on any atom is 0.293 e. The third kappa shape index (κ3) is 3.11. The third-order valence-corrected chi connectivity index (χ3v) is 5.17. The van der Waals surface area contributed by atoms with Crippen LogP contribution < -0.4 is 5.32 Å². The van der Waals surface area contributed by atoms with Crippen molar-refractivity contribution >= 4 is 44.9 Å². The van der Waals surface area contributed by atoms with Crippen LogP contribution in [-0.2, 0) is 0 Å². The zero-order valence-corrected chi connectivity index (χ0v) is 15.7. The number of nitrogens with one attached hydrogen (secondary N) is 1. The van der Waals surface area contributed by atoms with Gasteiger partial charge in [-0.2, -0.15) is 0 Å². The molecular weight excluding hydrogens is 368 g/mol. The quantitative estimate of drug-likeness (QED) is 0.467. The Morgan fingerprint density at radius 3 is 2.69 bits per heavy atom. The molecule has 0 radical (unpaired) electrons. The van der Waals surface area contributed by atoms with Gasteiger partial charge in [0.25, 0.3) is 5.91 Å². The van der Waals surface area contributed by atoms with Crippen molar-refractivity contribution < 1.29 is 9.21 Å². The lowest BCUT2D eigenvalue weighted by Crippen LogP contribution is -2.11. The minimum atomic E-state index is -0.320. The fourth-order valence-electron chi connectivity index (χ4n) is 2.75. The van der Waals surface area contributed by atoms with Gasteiger partial charge in [0.05, 0.1) is 5.69 Å². The first-order valence-electron chi connectivity index (χ1n) is 8.04. The molecule has 26 heavy (non-hydrogen) atoms. The smallest absolute Gasteiger partial charge is 0.293 e. The van der Waals surface area contributed by atoms with Crippen LogP contribution in [-0.4, -0.2) is 10.9 Å². The SMILES string of the molecule is Cc1ccc(-c2csc(NC(=O)c3oc4ccc(Cl)cc4c3C)n2)cc1. The van der Waals surface area contributed by atoms with E-state index in [1.165, 1.54) is 16.9 Å². The number of aromatic nitrogens is 1. The summed E-state index contributed by atoms with van der Waals surface area (Å²) in [5, 5.41) is 6.71. The van der Waals surface area contributed by atoms with Crippen molar-refractivity contribution in [2.24, 2.45) is 0 Å². The number of halogens is 1. The molecule has 4 rings (SSSR count). The van der Waals surface area contributed by atoms with Crippen molar-refractivity contribution in [1.29, 1.82) is 0 Å². The van der Waals surface area contributed by atoms with Gasteiger partial charge in [-0.15, -0.1) is 11.3 Å². The third-order valence-electron chi connectivity index (χ3n) is 4.18. The van der Waals surface area contributed by atoms with Gasteiger partial charge in [-0.25, -0.2) is 4.98 Å². The molecule has 0 aliphatic rings. The molecule has 1 N–H and O–H groups in total. The van der Waals surface area contributed by atoms with Crippen molar-refractivity contribution in [3.8, 4) is 11.3 Å². The summed E-state index contributed by atoms with van der Waals surface area (Å²) in [5.74, 6) is -0.0472. The van der Waals surface area contributed by atoms with E-state index in [0.29, 0.717) is 15.7 Å². The second-order valence-corrected chi connectivity index (χ2v) is 7.35. The van der Waals surface area contributed by atoms with Gasteiger partial charge in [0.2, 0.25) is 0 Å². The lowest BCUT2D eigenvalue weighted by Gasteiger charge is -2.00. The molecule has 2 heterocycles. The molecule has 0 unspecified atom stereocenters. The summed E-state index contributed by atoms with van der Waals surface area (Å²) < 4.78 is 5.70. The number of amides is 1. The van der Waals surface area contributed by atoms with Gasteiger partial charge >= 0.3 is 0 Å². The fraction of sp³-hybridized carbons (Fsp3) is 0.100. The largest absolute Gasteiger partial charge is 0.451 e. The molecule has 0 aliphatic carbocycles. The van der Waals surface area contributed by atoms with E-state index in [0.717, 1.165) is 22.2 Å². The highest BCUT2D eigenvalue weighted by atomic mass is 35.5. The summed E-state index contributed by atoms with van der Waals surface area (Å²) in [5.41, 5.74) is 4.44. The number of benzene rings is 2. The lowest BCUT2D eigenvalue weighted by molar-refractivity contribution is 0.0998. The maximum absolute atomic E-state index is 12.6. The van der Waals surface area contributed by atoms with Crippen LogP contribution in [0.25, 0.3) is 22.2 Å². The average Bonchev–Trinajstić information content (AvgIpc) is 3.21. The number of rotatable bonds is 3. The van der Waals surface area contributed by atoms with Gasteiger partial charge in [-0.1, -0.05) is 41.4 Å².